The molecule has 6 nitrogen and oxygen atoms in total. The Balaban J connectivity index is 0.00000261. The number of ether oxygens (including phenoxy) is 1. The summed E-state index contributed by atoms with van der Waals surface area (Å²) in [5.41, 5.74) is 3.82. The van der Waals surface area contributed by atoms with Crippen LogP contribution in [-0.2, 0) is 11.2 Å². The lowest BCUT2D eigenvalue weighted by molar-refractivity contribution is 0.127. The molecule has 2 aromatic rings. The zero-order valence-electron chi connectivity index (χ0n) is 16.2. The normalized spacial score (nSPS) is 19.9. The molecule has 1 aromatic heterocycles. The molecule has 0 saturated carbocycles. The van der Waals surface area contributed by atoms with Crippen LogP contribution in [0.15, 0.2) is 29.4 Å². The predicted molar refractivity (Wildman–Crippen MR) is 121 cm³/mol. The van der Waals surface area contributed by atoms with Crippen molar-refractivity contribution in [3.63, 3.8) is 0 Å². The van der Waals surface area contributed by atoms with E-state index in [4.69, 9.17) is 4.74 Å². The van der Waals surface area contributed by atoms with Gasteiger partial charge in [-0.1, -0.05) is 12.1 Å². The molecule has 1 aliphatic heterocycles. The molecule has 2 heterocycles. The Kier molecular flexibility index (Phi) is 8.37. The molecule has 0 radical (unpaired) electrons. The van der Waals surface area contributed by atoms with Gasteiger partial charge in [0, 0.05) is 55.9 Å². The number of halogens is 1. The highest BCUT2D eigenvalue weighted by Gasteiger charge is 2.34. The van der Waals surface area contributed by atoms with Crippen molar-refractivity contribution in [2.75, 3.05) is 40.0 Å². The van der Waals surface area contributed by atoms with E-state index in [1.165, 1.54) is 22.0 Å². The lowest BCUT2D eigenvalue weighted by Crippen LogP contribution is -2.45. The number of aromatic amines is 1. The number of nitrogens with one attached hydrogen (secondary N) is 3. The predicted octanol–water partition coefficient (Wildman–Crippen LogP) is 2.59. The molecule has 0 spiro atoms. The first kappa shape index (κ1) is 22.0. The van der Waals surface area contributed by atoms with Crippen molar-refractivity contribution >= 4 is 40.8 Å². The molecule has 1 unspecified atom stereocenters. The quantitative estimate of drug-likeness (QED) is 0.276. The van der Waals surface area contributed by atoms with Crippen molar-refractivity contribution in [3.05, 3.63) is 35.5 Å². The van der Waals surface area contributed by atoms with Gasteiger partial charge in [0.05, 0.1) is 6.61 Å². The molecule has 7 heteroatoms. The molecule has 1 atom stereocenters. The molecule has 0 amide bonds. The fourth-order valence-corrected chi connectivity index (χ4v) is 3.77. The summed E-state index contributed by atoms with van der Waals surface area (Å²) < 4.78 is 5.55. The number of aliphatic imine (C=N–C) groups is 1. The van der Waals surface area contributed by atoms with E-state index < -0.39 is 0 Å². The van der Waals surface area contributed by atoms with Crippen molar-refractivity contribution < 1.29 is 9.84 Å². The SMILES string of the molecule is CN=C(NCCc1c[nH]c2cccc(C)c12)NCC1(CCO)CCOC1.I. The molecule has 0 bridgehead atoms. The molecule has 1 saturated heterocycles. The van der Waals surface area contributed by atoms with Gasteiger partial charge in [0.2, 0.25) is 0 Å². The largest absolute Gasteiger partial charge is 0.396 e. The van der Waals surface area contributed by atoms with E-state index in [1.807, 2.05) is 0 Å². The molecule has 4 N–H and O–H groups in total. The fraction of sp³-hybridized carbons (Fsp3) is 0.550. The Morgan fingerprint density at radius 1 is 1.37 bits per heavy atom. The van der Waals surface area contributed by atoms with E-state index in [1.54, 1.807) is 7.05 Å². The number of guanidine groups is 1. The second-order valence-corrected chi connectivity index (χ2v) is 7.19. The third-order valence-corrected chi connectivity index (χ3v) is 5.36. The number of benzene rings is 1. The third-order valence-electron chi connectivity index (χ3n) is 5.36. The molecule has 27 heavy (non-hydrogen) atoms. The zero-order chi connectivity index (χ0) is 18.4. The summed E-state index contributed by atoms with van der Waals surface area (Å²) in [7, 11) is 1.79. The van der Waals surface area contributed by atoms with E-state index in [0.29, 0.717) is 6.61 Å². The van der Waals surface area contributed by atoms with E-state index in [0.717, 1.165) is 44.9 Å². The van der Waals surface area contributed by atoms with Gasteiger partial charge in [0.25, 0.3) is 0 Å². The first-order valence-corrected chi connectivity index (χ1v) is 9.36. The van der Waals surface area contributed by atoms with Crippen molar-refractivity contribution in [2.45, 2.75) is 26.2 Å². The molecule has 1 aromatic carbocycles. The van der Waals surface area contributed by atoms with Crippen LogP contribution in [0.4, 0.5) is 0 Å². The maximum Gasteiger partial charge on any atom is 0.191 e. The van der Waals surface area contributed by atoms with Crippen LogP contribution < -0.4 is 10.6 Å². The number of hydrogen-bond donors (Lipinski definition) is 4. The van der Waals surface area contributed by atoms with E-state index >= 15 is 0 Å². The van der Waals surface area contributed by atoms with E-state index in [-0.39, 0.29) is 36.0 Å². The number of hydrogen-bond acceptors (Lipinski definition) is 3. The number of aliphatic hydroxyl groups is 1. The maximum absolute atomic E-state index is 9.34. The summed E-state index contributed by atoms with van der Waals surface area (Å²) in [5.74, 6) is 0.797. The van der Waals surface area contributed by atoms with Crippen LogP contribution in [0.2, 0.25) is 0 Å². The maximum atomic E-state index is 9.34. The molecule has 0 aliphatic carbocycles. The zero-order valence-corrected chi connectivity index (χ0v) is 18.5. The molecular formula is C20H31IN4O2. The smallest absolute Gasteiger partial charge is 0.191 e. The molecule has 150 valence electrons. The van der Waals surface area contributed by atoms with Gasteiger partial charge in [-0.2, -0.15) is 0 Å². The van der Waals surface area contributed by atoms with Gasteiger partial charge >= 0.3 is 0 Å². The highest BCUT2D eigenvalue weighted by Crippen LogP contribution is 2.31. The molecule has 1 aliphatic rings. The van der Waals surface area contributed by atoms with E-state index in [2.05, 4.69) is 51.9 Å². The van der Waals surface area contributed by atoms with Crippen LogP contribution in [0.1, 0.15) is 24.0 Å². The van der Waals surface area contributed by atoms with Crippen molar-refractivity contribution in [3.8, 4) is 0 Å². The Morgan fingerprint density at radius 2 is 2.22 bits per heavy atom. The Labute approximate surface area is 178 Å². The summed E-state index contributed by atoms with van der Waals surface area (Å²) >= 11 is 0. The van der Waals surface area contributed by atoms with Gasteiger partial charge in [-0.25, -0.2) is 0 Å². The number of H-pyrrole nitrogens is 1. The highest BCUT2D eigenvalue weighted by molar-refractivity contribution is 14.0. The average Bonchev–Trinajstić information content (AvgIpc) is 3.27. The fourth-order valence-electron chi connectivity index (χ4n) is 3.77. The van der Waals surface area contributed by atoms with Crippen LogP contribution in [-0.4, -0.2) is 56.0 Å². The minimum Gasteiger partial charge on any atom is -0.396 e. The number of aliphatic hydroxyl groups excluding tert-OH is 1. The number of rotatable bonds is 7. The molecule has 1 fully saturated rings. The van der Waals surface area contributed by atoms with Crippen LogP contribution in [0.5, 0.6) is 0 Å². The van der Waals surface area contributed by atoms with Crippen molar-refractivity contribution in [2.24, 2.45) is 10.4 Å². The Morgan fingerprint density at radius 3 is 2.93 bits per heavy atom. The summed E-state index contributed by atoms with van der Waals surface area (Å²) in [6.45, 7) is 5.39. The average molecular weight is 486 g/mol. The van der Waals surface area contributed by atoms with Crippen LogP contribution in [0.25, 0.3) is 10.9 Å². The highest BCUT2D eigenvalue weighted by atomic mass is 127. The summed E-state index contributed by atoms with van der Waals surface area (Å²) in [5, 5.41) is 17.5. The minimum atomic E-state index is 0. The van der Waals surface area contributed by atoms with Gasteiger partial charge in [0.1, 0.15) is 0 Å². The minimum absolute atomic E-state index is 0. The van der Waals surface area contributed by atoms with Crippen LogP contribution in [0, 0.1) is 12.3 Å². The second-order valence-electron chi connectivity index (χ2n) is 7.19. The van der Waals surface area contributed by atoms with Crippen LogP contribution >= 0.6 is 24.0 Å². The second kappa shape index (κ2) is 10.3. The van der Waals surface area contributed by atoms with Crippen molar-refractivity contribution in [1.29, 1.82) is 0 Å². The van der Waals surface area contributed by atoms with Gasteiger partial charge in [0.15, 0.2) is 5.96 Å². The standard InChI is InChI=1S/C20H30N4O2.HI/c1-15-4-3-5-17-18(15)16(12-23-17)6-9-22-19(21-2)24-13-20(7-10-25)8-11-26-14-20;/h3-5,12,23,25H,6-11,13-14H2,1-2H3,(H2,21,22,24);1H. The third kappa shape index (κ3) is 5.36. The number of aryl methyl sites for hydroxylation is 1. The number of fused-ring (bicyclic) bond motifs is 1. The van der Waals surface area contributed by atoms with Gasteiger partial charge in [-0.3, -0.25) is 4.99 Å². The Hall–Kier alpha value is -1.32. The lowest BCUT2D eigenvalue weighted by Gasteiger charge is -2.27. The van der Waals surface area contributed by atoms with Crippen molar-refractivity contribution in [1.82, 2.24) is 15.6 Å². The summed E-state index contributed by atoms with van der Waals surface area (Å²) in [6, 6.07) is 6.35. The number of aromatic nitrogens is 1. The van der Waals surface area contributed by atoms with Gasteiger partial charge < -0.3 is 25.5 Å². The molecule has 3 rings (SSSR count). The van der Waals surface area contributed by atoms with Gasteiger partial charge in [-0.05, 0) is 43.4 Å². The Bertz CT molecular complexity index is 754. The van der Waals surface area contributed by atoms with Crippen LogP contribution in [0.3, 0.4) is 0 Å². The topological polar surface area (TPSA) is 81.7 Å². The lowest BCUT2D eigenvalue weighted by atomic mass is 9.84. The molecular weight excluding hydrogens is 455 g/mol. The van der Waals surface area contributed by atoms with E-state index in [9.17, 15) is 5.11 Å². The number of nitrogens with zero attached hydrogens (tertiary/aromatic N) is 1. The summed E-state index contributed by atoms with van der Waals surface area (Å²) in [6.07, 6.45) is 4.76. The summed E-state index contributed by atoms with van der Waals surface area (Å²) in [4.78, 5) is 7.67. The first-order valence-electron chi connectivity index (χ1n) is 9.36. The van der Waals surface area contributed by atoms with Gasteiger partial charge in [-0.15, -0.1) is 24.0 Å². The monoisotopic (exact) mass is 486 g/mol. The first-order chi connectivity index (χ1) is 12.7.